The summed E-state index contributed by atoms with van der Waals surface area (Å²) in [5.41, 5.74) is 2.26. The van der Waals surface area contributed by atoms with Crippen LogP contribution in [0.3, 0.4) is 0 Å². The number of nitrogens with zero attached hydrogens (tertiary/aromatic N) is 6. The summed E-state index contributed by atoms with van der Waals surface area (Å²) in [4.78, 5) is 36.4. The van der Waals surface area contributed by atoms with E-state index in [1.807, 2.05) is 24.3 Å². The molecule has 0 spiro atoms. The van der Waals surface area contributed by atoms with Crippen LogP contribution in [0.1, 0.15) is 26.4 Å². The van der Waals surface area contributed by atoms with E-state index in [-0.39, 0.29) is 23.3 Å². The molecule has 0 fully saturated rings. The van der Waals surface area contributed by atoms with Crippen LogP contribution in [-0.4, -0.2) is 47.4 Å². The molecule has 3 N–H and O–H groups in total. The minimum atomic E-state index is -0.390. The molecule has 30 heavy (non-hydrogen) atoms. The van der Waals surface area contributed by atoms with Gasteiger partial charge in [-0.15, -0.1) is 10.2 Å². The number of H-pyrrole nitrogens is 1. The summed E-state index contributed by atoms with van der Waals surface area (Å²) in [5.74, 6) is -0.0301. The first-order chi connectivity index (χ1) is 14.7. The van der Waals surface area contributed by atoms with Crippen LogP contribution in [0.5, 0.6) is 0 Å². The number of anilines is 1. The SMILES string of the molecule is O=C(Nc1cc(C(=O)NCc2ccc(-c3nn[nH]n3)cc2)ncn1)c1ccncc1. The Balaban J connectivity index is 1.37. The summed E-state index contributed by atoms with van der Waals surface area (Å²) in [7, 11) is 0. The summed E-state index contributed by atoms with van der Waals surface area (Å²) in [6.07, 6.45) is 4.25. The van der Waals surface area contributed by atoms with Crippen molar-refractivity contribution in [3.63, 3.8) is 0 Å². The minimum absolute atomic E-state index is 0.137. The molecule has 3 aromatic heterocycles. The third-order valence-electron chi connectivity index (χ3n) is 4.09. The highest BCUT2D eigenvalue weighted by Crippen LogP contribution is 2.14. The lowest BCUT2D eigenvalue weighted by Crippen LogP contribution is -2.24. The lowest BCUT2D eigenvalue weighted by Gasteiger charge is -2.07. The molecule has 0 atom stereocenters. The van der Waals surface area contributed by atoms with E-state index in [1.165, 1.54) is 24.8 Å². The third-order valence-corrected chi connectivity index (χ3v) is 4.09. The van der Waals surface area contributed by atoms with Crippen LogP contribution >= 0.6 is 0 Å². The molecule has 0 saturated heterocycles. The molecule has 148 valence electrons. The quantitative estimate of drug-likeness (QED) is 0.436. The van der Waals surface area contributed by atoms with Crippen molar-refractivity contribution in [2.45, 2.75) is 6.54 Å². The second-order valence-electron chi connectivity index (χ2n) is 6.09. The van der Waals surface area contributed by atoms with Crippen molar-refractivity contribution >= 4 is 17.6 Å². The molecule has 0 bridgehead atoms. The Morgan fingerprint density at radius 3 is 2.50 bits per heavy atom. The molecular weight excluding hydrogens is 386 g/mol. The number of carbonyl (C=O) groups is 2. The van der Waals surface area contributed by atoms with E-state index in [2.05, 4.69) is 46.2 Å². The Kier molecular flexibility index (Phi) is 5.42. The summed E-state index contributed by atoms with van der Waals surface area (Å²) >= 11 is 0. The van der Waals surface area contributed by atoms with Crippen molar-refractivity contribution in [1.29, 1.82) is 0 Å². The van der Waals surface area contributed by atoms with Crippen LogP contribution in [-0.2, 0) is 6.54 Å². The van der Waals surface area contributed by atoms with Crippen LogP contribution in [0.2, 0.25) is 0 Å². The predicted octanol–water partition coefficient (Wildman–Crippen LogP) is 1.23. The fraction of sp³-hybridized carbons (Fsp3) is 0.0526. The number of hydrogen-bond acceptors (Lipinski definition) is 8. The maximum atomic E-state index is 12.4. The maximum Gasteiger partial charge on any atom is 0.270 e. The summed E-state index contributed by atoms with van der Waals surface area (Å²) < 4.78 is 0. The zero-order valence-electron chi connectivity index (χ0n) is 15.5. The second kappa shape index (κ2) is 8.65. The molecule has 11 heteroatoms. The van der Waals surface area contributed by atoms with Gasteiger partial charge in [-0.1, -0.05) is 24.3 Å². The van der Waals surface area contributed by atoms with Crippen LogP contribution < -0.4 is 10.6 Å². The van der Waals surface area contributed by atoms with Gasteiger partial charge in [0.1, 0.15) is 17.8 Å². The monoisotopic (exact) mass is 401 g/mol. The molecule has 0 aliphatic rings. The number of pyridine rings is 1. The molecule has 0 saturated carbocycles. The number of nitrogens with one attached hydrogen (secondary N) is 3. The normalized spacial score (nSPS) is 10.4. The van der Waals surface area contributed by atoms with E-state index >= 15 is 0 Å². The first-order valence-electron chi connectivity index (χ1n) is 8.83. The van der Waals surface area contributed by atoms with E-state index in [0.29, 0.717) is 17.9 Å². The molecule has 2 amide bonds. The van der Waals surface area contributed by atoms with Gasteiger partial charge >= 0.3 is 0 Å². The van der Waals surface area contributed by atoms with Gasteiger partial charge in [0, 0.05) is 36.1 Å². The number of tetrazole rings is 1. The standard InChI is InChI=1S/C19H15N9O2/c29-18(14-5-7-20-8-6-14)24-16-9-15(22-11-23-16)19(30)21-10-12-1-3-13(4-2-12)17-25-27-28-26-17/h1-9,11H,10H2,(H,21,30)(H,22,23,24,29)(H,25,26,27,28). The average molecular weight is 401 g/mol. The molecule has 0 unspecified atom stereocenters. The van der Waals surface area contributed by atoms with Gasteiger partial charge in [-0.05, 0) is 22.9 Å². The van der Waals surface area contributed by atoms with Crippen molar-refractivity contribution in [2.75, 3.05) is 5.32 Å². The molecule has 1 aromatic carbocycles. The molecule has 4 aromatic rings. The summed E-state index contributed by atoms with van der Waals surface area (Å²) in [6, 6.07) is 11.9. The van der Waals surface area contributed by atoms with Crippen molar-refractivity contribution < 1.29 is 9.59 Å². The molecule has 4 rings (SSSR count). The fourth-order valence-electron chi connectivity index (χ4n) is 2.57. The van der Waals surface area contributed by atoms with Crippen molar-refractivity contribution in [2.24, 2.45) is 0 Å². The minimum Gasteiger partial charge on any atom is -0.347 e. The van der Waals surface area contributed by atoms with Gasteiger partial charge < -0.3 is 10.6 Å². The zero-order valence-corrected chi connectivity index (χ0v) is 15.5. The van der Waals surface area contributed by atoms with Crippen molar-refractivity contribution in [3.8, 4) is 11.4 Å². The largest absolute Gasteiger partial charge is 0.347 e. The van der Waals surface area contributed by atoms with Crippen LogP contribution in [0.25, 0.3) is 11.4 Å². The molecule has 0 aliphatic heterocycles. The smallest absolute Gasteiger partial charge is 0.270 e. The average Bonchev–Trinajstić information content (AvgIpc) is 3.33. The first-order valence-corrected chi connectivity index (χ1v) is 8.83. The predicted molar refractivity (Wildman–Crippen MR) is 105 cm³/mol. The Morgan fingerprint density at radius 1 is 0.967 bits per heavy atom. The Hall–Kier alpha value is -4.54. The first kappa shape index (κ1) is 18.8. The Morgan fingerprint density at radius 2 is 1.77 bits per heavy atom. The lowest BCUT2D eigenvalue weighted by molar-refractivity contribution is 0.0944. The Bertz CT molecular complexity index is 1150. The van der Waals surface area contributed by atoms with E-state index in [4.69, 9.17) is 0 Å². The topological polar surface area (TPSA) is 151 Å². The number of carbonyl (C=O) groups excluding carboxylic acids is 2. The van der Waals surface area contributed by atoms with Crippen LogP contribution in [0.4, 0.5) is 5.82 Å². The van der Waals surface area contributed by atoms with Gasteiger partial charge in [-0.3, -0.25) is 14.6 Å². The Labute approximate surface area is 170 Å². The van der Waals surface area contributed by atoms with Gasteiger partial charge in [0.25, 0.3) is 11.8 Å². The number of rotatable bonds is 6. The van der Waals surface area contributed by atoms with Crippen molar-refractivity contribution in [1.82, 2.24) is 40.9 Å². The summed E-state index contributed by atoms with van der Waals surface area (Å²) in [5, 5.41) is 19.2. The maximum absolute atomic E-state index is 12.4. The van der Waals surface area contributed by atoms with E-state index in [1.54, 1.807) is 12.1 Å². The number of aromatic amines is 1. The molecular formula is C19H15N9O2. The van der Waals surface area contributed by atoms with Gasteiger partial charge in [-0.25, -0.2) is 9.97 Å². The van der Waals surface area contributed by atoms with Gasteiger partial charge in [0.2, 0.25) is 5.82 Å². The molecule has 3 heterocycles. The van der Waals surface area contributed by atoms with E-state index < -0.39 is 0 Å². The molecule has 11 nitrogen and oxygen atoms in total. The number of hydrogen-bond donors (Lipinski definition) is 3. The van der Waals surface area contributed by atoms with Crippen molar-refractivity contribution in [3.05, 3.63) is 78.0 Å². The highest BCUT2D eigenvalue weighted by atomic mass is 16.2. The lowest BCUT2D eigenvalue weighted by atomic mass is 10.1. The van der Waals surface area contributed by atoms with Gasteiger partial charge in [0.05, 0.1) is 0 Å². The number of amides is 2. The molecule has 0 radical (unpaired) electrons. The van der Waals surface area contributed by atoms with E-state index in [9.17, 15) is 9.59 Å². The van der Waals surface area contributed by atoms with Gasteiger partial charge in [0.15, 0.2) is 0 Å². The molecule has 0 aliphatic carbocycles. The highest BCUT2D eigenvalue weighted by Gasteiger charge is 2.11. The fourth-order valence-corrected chi connectivity index (χ4v) is 2.57. The second-order valence-corrected chi connectivity index (χ2v) is 6.09. The van der Waals surface area contributed by atoms with Gasteiger partial charge in [-0.2, -0.15) is 5.21 Å². The number of benzene rings is 1. The summed E-state index contributed by atoms with van der Waals surface area (Å²) in [6.45, 7) is 0.300. The van der Waals surface area contributed by atoms with E-state index in [0.717, 1.165) is 11.1 Å². The number of aromatic nitrogens is 7. The third kappa shape index (κ3) is 4.47. The zero-order chi connectivity index (χ0) is 20.8. The van der Waals surface area contributed by atoms with Crippen LogP contribution in [0, 0.1) is 0 Å². The highest BCUT2D eigenvalue weighted by molar-refractivity contribution is 6.04. The van der Waals surface area contributed by atoms with Crippen LogP contribution in [0.15, 0.2) is 61.2 Å².